The van der Waals surface area contributed by atoms with E-state index in [4.69, 9.17) is 5.11 Å². The van der Waals surface area contributed by atoms with Crippen LogP contribution < -0.4 is 4.72 Å². The minimum atomic E-state index is -3.85. The van der Waals surface area contributed by atoms with E-state index in [1.165, 1.54) is 0 Å². The van der Waals surface area contributed by atoms with Gasteiger partial charge in [-0.3, -0.25) is 9.59 Å². The van der Waals surface area contributed by atoms with Crippen molar-refractivity contribution in [2.75, 3.05) is 18.9 Å². The molecule has 1 atom stereocenters. The average Bonchev–Trinajstić information content (AvgIpc) is 2.15. The molecule has 0 aliphatic heterocycles. The Morgan fingerprint density at radius 3 is 2.28 bits per heavy atom. The van der Waals surface area contributed by atoms with Crippen LogP contribution in [0.4, 0.5) is 0 Å². The number of aliphatic carboxylic acids is 1. The molecule has 0 aromatic rings. The number of ether oxygens (including phenoxy) is 1. The Kier molecular flexibility index (Phi) is 6.85. The highest BCUT2D eigenvalue weighted by atomic mass is 32.2. The van der Waals surface area contributed by atoms with Crippen molar-refractivity contribution in [2.45, 2.75) is 20.8 Å². The van der Waals surface area contributed by atoms with Gasteiger partial charge in [0.25, 0.3) is 0 Å². The van der Waals surface area contributed by atoms with Crippen molar-refractivity contribution in [2.24, 2.45) is 11.8 Å². The standard InChI is InChI=1S/C10H19NO6S/c1-4-17-9(12)6-18(15,16)11-5-8(7(2)3)10(13)14/h7-8,11H,4-6H2,1-3H3,(H,13,14). The number of carbonyl (C=O) groups excluding carboxylic acids is 1. The molecule has 0 heterocycles. The Labute approximate surface area is 107 Å². The Morgan fingerprint density at radius 1 is 1.33 bits per heavy atom. The minimum absolute atomic E-state index is 0.0953. The number of esters is 1. The normalized spacial score (nSPS) is 13.3. The maximum Gasteiger partial charge on any atom is 0.322 e. The van der Waals surface area contributed by atoms with Gasteiger partial charge in [-0.25, -0.2) is 13.1 Å². The zero-order valence-electron chi connectivity index (χ0n) is 10.7. The number of rotatable bonds is 8. The molecule has 0 aliphatic rings. The van der Waals surface area contributed by atoms with Gasteiger partial charge >= 0.3 is 11.9 Å². The van der Waals surface area contributed by atoms with E-state index in [1.54, 1.807) is 20.8 Å². The summed E-state index contributed by atoms with van der Waals surface area (Å²) in [6.45, 7) is 4.78. The van der Waals surface area contributed by atoms with E-state index in [0.29, 0.717) is 0 Å². The molecule has 0 saturated heterocycles. The van der Waals surface area contributed by atoms with Gasteiger partial charge in [0.05, 0.1) is 12.5 Å². The van der Waals surface area contributed by atoms with Crippen LogP contribution in [0.5, 0.6) is 0 Å². The number of carboxylic acid groups (broad SMARTS) is 1. The molecule has 0 amide bonds. The first kappa shape index (κ1) is 16.9. The molecule has 0 spiro atoms. The van der Waals surface area contributed by atoms with E-state index < -0.39 is 33.6 Å². The lowest BCUT2D eigenvalue weighted by Crippen LogP contribution is -2.38. The van der Waals surface area contributed by atoms with Gasteiger partial charge in [-0.2, -0.15) is 0 Å². The maximum atomic E-state index is 11.5. The van der Waals surface area contributed by atoms with Crippen LogP contribution in [0.15, 0.2) is 0 Å². The fraction of sp³-hybridized carbons (Fsp3) is 0.800. The summed E-state index contributed by atoms with van der Waals surface area (Å²) >= 11 is 0. The van der Waals surface area contributed by atoms with E-state index in [1.807, 2.05) is 0 Å². The molecule has 2 N–H and O–H groups in total. The molecule has 1 unspecified atom stereocenters. The van der Waals surface area contributed by atoms with E-state index >= 15 is 0 Å². The molecular formula is C10H19NO6S. The molecule has 106 valence electrons. The van der Waals surface area contributed by atoms with Crippen LogP contribution in [0.3, 0.4) is 0 Å². The van der Waals surface area contributed by atoms with Crippen LogP contribution >= 0.6 is 0 Å². The van der Waals surface area contributed by atoms with Crippen LogP contribution in [-0.2, 0) is 24.3 Å². The first-order valence-electron chi connectivity index (χ1n) is 5.55. The topological polar surface area (TPSA) is 110 Å². The van der Waals surface area contributed by atoms with Crippen LogP contribution in [-0.4, -0.2) is 44.4 Å². The third-order valence-corrected chi connectivity index (χ3v) is 3.48. The van der Waals surface area contributed by atoms with Gasteiger partial charge in [0.15, 0.2) is 5.75 Å². The lowest BCUT2D eigenvalue weighted by atomic mass is 9.97. The Bertz CT molecular complexity index is 389. The van der Waals surface area contributed by atoms with E-state index in [0.717, 1.165) is 0 Å². The molecular weight excluding hydrogens is 262 g/mol. The number of hydrogen-bond acceptors (Lipinski definition) is 5. The fourth-order valence-corrected chi connectivity index (χ4v) is 2.16. The van der Waals surface area contributed by atoms with E-state index in [2.05, 4.69) is 9.46 Å². The SMILES string of the molecule is CCOC(=O)CS(=O)(=O)NCC(C(=O)O)C(C)C. The molecule has 0 radical (unpaired) electrons. The summed E-state index contributed by atoms with van der Waals surface area (Å²) in [5.74, 6) is -3.79. The average molecular weight is 281 g/mol. The fourth-order valence-electron chi connectivity index (χ4n) is 1.23. The smallest absolute Gasteiger partial charge is 0.322 e. The van der Waals surface area contributed by atoms with E-state index in [-0.39, 0.29) is 19.1 Å². The van der Waals surface area contributed by atoms with Crippen LogP contribution in [0, 0.1) is 11.8 Å². The summed E-state index contributed by atoms with van der Waals surface area (Å²) in [6, 6.07) is 0. The number of nitrogens with one attached hydrogen (secondary N) is 1. The summed E-state index contributed by atoms with van der Waals surface area (Å²) in [4.78, 5) is 21.9. The molecule has 0 aromatic carbocycles. The monoisotopic (exact) mass is 281 g/mol. The van der Waals surface area contributed by atoms with Gasteiger partial charge in [0.1, 0.15) is 0 Å². The molecule has 0 aliphatic carbocycles. The lowest BCUT2D eigenvalue weighted by molar-refractivity contribution is -0.143. The molecule has 8 heteroatoms. The molecule has 0 bridgehead atoms. The molecule has 0 saturated carbocycles. The molecule has 0 rings (SSSR count). The minimum Gasteiger partial charge on any atom is -0.481 e. The third-order valence-electron chi connectivity index (χ3n) is 2.26. The zero-order valence-corrected chi connectivity index (χ0v) is 11.5. The second-order valence-corrected chi connectivity index (χ2v) is 5.91. The van der Waals surface area contributed by atoms with Gasteiger partial charge in [0, 0.05) is 6.54 Å². The predicted octanol–water partition coefficient (Wildman–Crippen LogP) is -0.174. The number of carbonyl (C=O) groups is 2. The van der Waals surface area contributed by atoms with Crippen molar-refractivity contribution in [3.05, 3.63) is 0 Å². The van der Waals surface area contributed by atoms with E-state index in [9.17, 15) is 18.0 Å². The zero-order chi connectivity index (χ0) is 14.3. The van der Waals surface area contributed by atoms with Crippen molar-refractivity contribution in [3.8, 4) is 0 Å². The summed E-state index contributed by atoms with van der Waals surface area (Å²) in [7, 11) is -3.85. The molecule has 7 nitrogen and oxygen atoms in total. The summed E-state index contributed by atoms with van der Waals surface area (Å²) in [5, 5.41) is 8.88. The van der Waals surface area contributed by atoms with Gasteiger partial charge in [-0.05, 0) is 12.8 Å². The Morgan fingerprint density at radius 2 is 1.89 bits per heavy atom. The Balaban J connectivity index is 4.42. The van der Waals surface area contributed by atoms with Gasteiger partial charge < -0.3 is 9.84 Å². The third kappa shape index (κ3) is 6.55. The van der Waals surface area contributed by atoms with Crippen molar-refractivity contribution in [3.63, 3.8) is 0 Å². The van der Waals surface area contributed by atoms with Gasteiger partial charge in [-0.1, -0.05) is 13.8 Å². The number of carboxylic acids is 1. The lowest BCUT2D eigenvalue weighted by Gasteiger charge is -2.16. The van der Waals surface area contributed by atoms with Crippen molar-refractivity contribution in [1.82, 2.24) is 4.72 Å². The summed E-state index contributed by atoms with van der Waals surface area (Å²) < 4.78 is 29.5. The number of sulfonamides is 1. The predicted molar refractivity (Wildman–Crippen MR) is 64.4 cm³/mol. The maximum absolute atomic E-state index is 11.5. The van der Waals surface area contributed by atoms with Crippen molar-refractivity contribution >= 4 is 22.0 Å². The number of hydrogen-bond donors (Lipinski definition) is 2. The van der Waals surface area contributed by atoms with Crippen molar-refractivity contribution in [1.29, 1.82) is 0 Å². The highest BCUT2D eigenvalue weighted by Crippen LogP contribution is 2.10. The highest BCUT2D eigenvalue weighted by molar-refractivity contribution is 7.90. The second kappa shape index (κ2) is 7.32. The highest BCUT2D eigenvalue weighted by Gasteiger charge is 2.25. The van der Waals surface area contributed by atoms with Crippen LogP contribution in [0.25, 0.3) is 0 Å². The first-order chi connectivity index (χ1) is 8.19. The summed E-state index contributed by atoms with van der Waals surface area (Å²) in [5.41, 5.74) is 0. The van der Waals surface area contributed by atoms with Crippen molar-refractivity contribution < 1.29 is 27.9 Å². The second-order valence-electron chi connectivity index (χ2n) is 4.10. The Hall–Kier alpha value is -1.15. The van der Waals surface area contributed by atoms with Gasteiger partial charge in [0.2, 0.25) is 10.0 Å². The molecule has 0 aromatic heterocycles. The largest absolute Gasteiger partial charge is 0.481 e. The molecule has 18 heavy (non-hydrogen) atoms. The quantitative estimate of drug-likeness (QED) is 0.597. The van der Waals surface area contributed by atoms with Crippen LogP contribution in [0.2, 0.25) is 0 Å². The molecule has 0 fully saturated rings. The summed E-state index contributed by atoms with van der Waals surface area (Å²) in [6.07, 6.45) is 0. The first-order valence-corrected chi connectivity index (χ1v) is 7.20. The van der Waals surface area contributed by atoms with Crippen LogP contribution in [0.1, 0.15) is 20.8 Å². The van der Waals surface area contributed by atoms with Gasteiger partial charge in [-0.15, -0.1) is 0 Å².